The molecule has 0 spiro atoms. The Balaban J connectivity index is 1.34. The first-order chi connectivity index (χ1) is 18.9. The van der Waals surface area contributed by atoms with E-state index in [2.05, 4.69) is 66.2 Å². The number of hydrogen-bond donors (Lipinski definition) is 0. The Morgan fingerprint density at radius 1 is 1.18 bits per heavy atom. The molecule has 3 aliphatic heterocycles. The van der Waals surface area contributed by atoms with Crippen LogP contribution in [0.2, 0.25) is 5.02 Å². The molecule has 2 fully saturated rings. The summed E-state index contributed by atoms with van der Waals surface area (Å²) in [5.74, 6) is 0.933. The first kappa shape index (κ1) is 26.0. The number of hydrogen-bond acceptors (Lipinski definition) is 8. The molecule has 1 aromatic heterocycles. The third-order valence-electron chi connectivity index (χ3n) is 8.83. The average Bonchev–Trinajstić information content (AvgIpc) is 3.54. The van der Waals surface area contributed by atoms with Gasteiger partial charge in [0.05, 0.1) is 23.3 Å². The van der Waals surface area contributed by atoms with E-state index >= 15 is 0 Å². The standard InChI is InChI=1S/C30H36ClN7O/c1-20-15-23(16-38(20)19-32)36(3)29-24-12-14-37(27-11-5-8-21-7-4-10-25(31)28(21)27)17-26(24)33-30(34-29)39-18-22-9-6-13-35(22)2/h4-5,7-8,10-11,20,22-23H,6,9,12-18H2,1-3H3/t20-,22+,23+/m1/s1. The second kappa shape index (κ2) is 10.7. The lowest BCUT2D eigenvalue weighted by Gasteiger charge is -2.34. The molecule has 9 heteroatoms. The topological polar surface area (TPSA) is 71.8 Å². The highest BCUT2D eigenvalue weighted by Gasteiger charge is 2.34. The predicted octanol–water partition coefficient (Wildman–Crippen LogP) is 4.70. The lowest BCUT2D eigenvalue weighted by molar-refractivity contribution is 0.187. The molecule has 0 bridgehead atoms. The maximum absolute atomic E-state index is 9.56. The van der Waals surface area contributed by atoms with Crippen molar-refractivity contribution in [3.05, 3.63) is 52.7 Å². The number of likely N-dealkylation sites (tertiary alicyclic amines) is 2. The Bertz CT molecular complexity index is 1400. The fraction of sp³-hybridized carbons (Fsp3) is 0.500. The number of rotatable bonds is 6. The number of halogens is 1. The molecule has 0 unspecified atom stereocenters. The van der Waals surface area contributed by atoms with Crippen LogP contribution >= 0.6 is 11.6 Å². The second-order valence-electron chi connectivity index (χ2n) is 11.2. The number of anilines is 2. The summed E-state index contributed by atoms with van der Waals surface area (Å²) in [6, 6.07) is 13.7. The zero-order valence-electron chi connectivity index (χ0n) is 23.0. The van der Waals surface area contributed by atoms with Gasteiger partial charge in [-0.3, -0.25) is 0 Å². The molecule has 0 radical (unpaired) electrons. The van der Waals surface area contributed by atoms with Crippen LogP contribution in [-0.4, -0.2) is 78.2 Å². The summed E-state index contributed by atoms with van der Waals surface area (Å²) in [6.45, 7) is 6.02. The van der Waals surface area contributed by atoms with Crippen molar-refractivity contribution in [1.29, 1.82) is 5.26 Å². The molecule has 4 heterocycles. The van der Waals surface area contributed by atoms with E-state index in [1.54, 1.807) is 0 Å². The second-order valence-corrected chi connectivity index (χ2v) is 11.6. The van der Waals surface area contributed by atoms with Crippen molar-refractivity contribution < 1.29 is 4.74 Å². The van der Waals surface area contributed by atoms with Gasteiger partial charge in [0.15, 0.2) is 6.19 Å². The molecular weight excluding hydrogens is 510 g/mol. The molecule has 2 saturated heterocycles. The van der Waals surface area contributed by atoms with E-state index in [0.29, 0.717) is 31.7 Å². The average molecular weight is 546 g/mol. The minimum atomic E-state index is 0.211. The first-order valence-electron chi connectivity index (χ1n) is 14.0. The summed E-state index contributed by atoms with van der Waals surface area (Å²) in [4.78, 5) is 18.8. The van der Waals surface area contributed by atoms with Crippen LogP contribution in [0.5, 0.6) is 6.01 Å². The number of aromatic nitrogens is 2. The van der Waals surface area contributed by atoms with E-state index in [9.17, 15) is 5.26 Å². The van der Waals surface area contributed by atoms with E-state index in [4.69, 9.17) is 26.3 Å². The SMILES string of the molecule is C[C@@H]1C[C@H](N(C)c2nc(OC[C@@H]3CCCN3C)nc3c2CCN(c2cccc4cccc(Cl)c24)C3)CN1C#N. The minimum absolute atomic E-state index is 0.211. The number of likely N-dealkylation sites (N-methyl/N-ethyl adjacent to an activating group) is 2. The third-order valence-corrected chi connectivity index (χ3v) is 9.15. The van der Waals surface area contributed by atoms with Gasteiger partial charge in [0.25, 0.3) is 0 Å². The Kier molecular flexibility index (Phi) is 7.13. The van der Waals surface area contributed by atoms with E-state index in [1.165, 1.54) is 12.0 Å². The molecule has 39 heavy (non-hydrogen) atoms. The molecule has 0 saturated carbocycles. The van der Waals surface area contributed by atoms with Gasteiger partial charge in [-0.25, -0.2) is 0 Å². The van der Waals surface area contributed by atoms with Gasteiger partial charge in [0, 0.05) is 48.9 Å². The molecule has 3 atom stereocenters. The van der Waals surface area contributed by atoms with Crippen LogP contribution < -0.4 is 14.5 Å². The summed E-state index contributed by atoms with van der Waals surface area (Å²) in [7, 11) is 4.26. The summed E-state index contributed by atoms with van der Waals surface area (Å²) >= 11 is 6.69. The predicted molar refractivity (Wildman–Crippen MR) is 155 cm³/mol. The van der Waals surface area contributed by atoms with Gasteiger partial charge in [-0.1, -0.05) is 35.9 Å². The fourth-order valence-electron chi connectivity index (χ4n) is 6.45. The van der Waals surface area contributed by atoms with Crippen LogP contribution in [-0.2, 0) is 13.0 Å². The highest BCUT2D eigenvalue weighted by Crippen LogP contribution is 2.37. The van der Waals surface area contributed by atoms with Crippen LogP contribution in [0.25, 0.3) is 10.8 Å². The normalized spacial score (nSPS) is 23.2. The largest absolute Gasteiger partial charge is 0.462 e. The fourth-order valence-corrected chi connectivity index (χ4v) is 6.72. The quantitative estimate of drug-likeness (QED) is 0.413. The Morgan fingerprint density at radius 3 is 2.74 bits per heavy atom. The Labute approximate surface area is 235 Å². The number of fused-ring (bicyclic) bond motifs is 2. The molecule has 0 aliphatic carbocycles. The zero-order valence-corrected chi connectivity index (χ0v) is 23.7. The van der Waals surface area contributed by atoms with E-state index < -0.39 is 0 Å². The van der Waals surface area contributed by atoms with Crippen molar-refractivity contribution in [3.8, 4) is 12.2 Å². The molecule has 204 valence electrons. The molecule has 3 aromatic rings. The summed E-state index contributed by atoms with van der Waals surface area (Å²) in [5.41, 5.74) is 3.30. The van der Waals surface area contributed by atoms with Crippen LogP contribution in [0.1, 0.15) is 37.4 Å². The van der Waals surface area contributed by atoms with E-state index in [1.807, 2.05) is 17.0 Å². The van der Waals surface area contributed by atoms with Crippen molar-refractivity contribution in [2.24, 2.45) is 0 Å². The molecule has 6 rings (SSSR count). The van der Waals surface area contributed by atoms with Gasteiger partial charge in [-0.05, 0) is 63.7 Å². The van der Waals surface area contributed by atoms with Crippen molar-refractivity contribution in [3.63, 3.8) is 0 Å². The highest BCUT2D eigenvalue weighted by molar-refractivity contribution is 6.36. The van der Waals surface area contributed by atoms with Gasteiger partial charge in [0.2, 0.25) is 0 Å². The van der Waals surface area contributed by atoms with Gasteiger partial charge >= 0.3 is 6.01 Å². The van der Waals surface area contributed by atoms with Gasteiger partial charge in [-0.15, -0.1) is 0 Å². The summed E-state index contributed by atoms with van der Waals surface area (Å²) in [6.07, 6.45) is 6.43. The van der Waals surface area contributed by atoms with Crippen LogP contribution in [0.15, 0.2) is 36.4 Å². The smallest absolute Gasteiger partial charge is 0.318 e. The highest BCUT2D eigenvalue weighted by atomic mass is 35.5. The number of benzene rings is 2. The van der Waals surface area contributed by atoms with Gasteiger partial charge < -0.3 is 24.3 Å². The molecule has 2 aromatic carbocycles. The monoisotopic (exact) mass is 545 g/mol. The zero-order chi connectivity index (χ0) is 27.1. The van der Waals surface area contributed by atoms with Crippen LogP contribution in [0, 0.1) is 11.5 Å². The van der Waals surface area contributed by atoms with Crippen LogP contribution in [0.3, 0.4) is 0 Å². The Morgan fingerprint density at radius 2 is 2.00 bits per heavy atom. The van der Waals surface area contributed by atoms with E-state index in [0.717, 1.165) is 65.3 Å². The third kappa shape index (κ3) is 4.94. The Hall–Kier alpha value is -3.28. The molecular formula is C30H36ClN7O. The van der Waals surface area contributed by atoms with Crippen molar-refractivity contribution in [2.75, 3.05) is 50.1 Å². The van der Waals surface area contributed by atoms with Crippen molar-refractivity contribution >= 4 is 33.9 Å². The van der Waals surface area contributed by atoms with Gasteiger partial charge in [0.1, 0.15) is 12.4 Å². The molecule has 8 nitrogen and oxygen atoms in total. The van der Waals surface area contributed by atoms with Crippen LogP contribution in [0.4, 0.5) is 11.5 Å². The lowest BCUT2D eigenvalue weighted by Crippen LogP contribution is -2.38. The lowest BCUT2D eigenvalue weighted by atomic mass is 10.0. The number of ether oxygens (including phenoxy) is 1. The molecule has 0 N–H and O–H groups in total. The van der Waals surface area contributed by atoms with Gasteiger partial charge in [-0.2, -0.15) is 15.2 Å². The number of nitriles is 1. The molecule has 3 aliphatic rings. The first-order valence-corrected chi connectivity index (χ1v) is 14.3. The maximum Gasteiger partial charge on any atom is 0.318 e. The van der Waals surface area contributed by atoms with Crippen molar-refractivity contribution in [1.82, 2.24) is 19.8 Å². The molecule has 0 amide bonds. The summed E-state index contributed by atoms with van der Waals surface area (Å²) in [5, 5.41) is 12.5. The number of nitrogens with zero attached hydrogens (tertiary/aromatic N) is 7. The van der Waals surface area contributed by atoms with Crippen molar-refractivity contribution in [2.45, 2.75) is 57.3 Å². The maximum atomic E-state index is 9.56. The minimum Gasteiger partial charge on any atom is -0.462 e. The summed E-state index contributed by atoms with van der Waals surface area (Å²) < 4.78 is 6.28. The van der Waals surface area contributed by atoms with E-state index in [-0.39, 0.29) is 12.1 Å².